The summed E-state index contributed by atoms with van der Waals surface area (Å²) in [7, 11) is 0. The Morgan fingerprint density at radius 3 is 2.56 bits per heavy atom. The van der Waals surface area contributed by atoms with Gasteiger partial charge in [0.05, 0.1) is 11.3 Å². The van der Waals surface area contributed by atoms with Crippen molar-refractivity contribution in [2.45, 2.75) is 19.8 Å². The molecule has 2 rings (SSSR count). The largest absolute Gasteiger partial charge is 0.399 e. The Bertz CT molecular complexity index is 744. The Morgan fingerprint density at radius 1 is 1.16 bits per heavy atom. The Morgan fingerprint density at radius 2 is 1.88 bits per heavy atom. The number of anilines is 2. The molecule has 4 N–H and O–H groups in total. The van der Waals surface area contributed by atoms with Crippen LogP contribution in [0.1, 0.15) is 17.5 Å². The van der Waals surface area contributed by atoms with E-state index in [0.29, 0.717) is 37.3 Å². The summed E-state index contributed by atoms with van der Waals surface area (Å²) in [6.07, 6.45) is 0.968. The number of carbonyl (C=O) groups excluding carboxylic acids is 1. The molecule has 0 radical (unpaired) electrons. The molecular weight excluding hydrogens is 320 g/mol. The fourth-order valence-electron chi connectivity index (χ4n) is 2.36. The zero-order valence-corrected chi connectivity index (χ0v) is 14.1. The number of nitrogens with two attached hydrogens (primary N) is 1. The lowest BCUT2D eigenvalue weighted by atomic mass is 10.1. The smallest absolute Gasteiger partial charge is 0.292 e. The van der Waals surface area contributed by atoms with Gasteiger partial charge in [-0.2, -0.15) is 0 Å². The molecular formula is C18H22N4O3. The molecule has 0 aliphatic carbocycles. The van der Waals surface area contributed by atoms with Crippen molar-refractivity contribution < 1.29 is 9.72 Å². The highest BCUT2D eigenvalue weighted by molar-refractivity contribution is 5.78. The summed E-state index contributed by atoms with van der Waals surface area (Å²) in [4.78, 5) is 22.5. The van der Waals surface area contributed by atoms with E-state index in [0.717, 1.165) is 11.1 Å². The lowest BCUT2D eigenvalue weighted by Crippen LogP contribution is -2.27. The molecule has 0 fully saturated rings. The highest BCUT2D eigenvalue weighted by Gasteiger charge is 2.12. The summed E-state index contributed by atoms with van der Waals surface area (Å²) in [6, 6.07) is 12.2. The molecule has 2 aromatic rings. The van der Waals surface area contributed by atoms with Gasteiger partial charge in [0.25, 0.3) is 5.69 Å². The summed E-state index contributed by atoms with van der Waals surface area (Å²) >= 11 is 0. The van der Waals surface area contributed by atoms with Crippen molar-refractivity contribution in [2.75, 3.05) is 24.1 Å². The normalized spacial score (nSPS) is 10.3. The van der Waals surface area contributed by atoms with Crippen molar-refractivity contribution in [1.29, 1.82) is 0 Å². The number of nitro benzene ring substituents is 1. The number of carbonyl (C=O) groups is 1. The molecule has 0 spiro atoms. The van der Waals surface area contributed by atoms with Gasteiger partial charge in [-0.3, -0.25) is 14.9 Å². The van der Waals surface area contributed by atoms with Gasteiger partial charge in [0.1, 0.15) is 5.69 Å². The molecule has 0 saturated carbocycles. The van der Waals surface area contributed by atoms with Gasteiger partial charge in [-0.25, -0.2) is 0 Å². The van der Waals surface area contributed by atoms with Gasteiger partial charge in [-0.1, -0.05) is 18.2 Å². The highest BCUT2D eigenvalue weighted by Crippen LogP contribution is 2.25. The lowest BCUT2D eigenvalue weighted by Gasteiger charge is -2.09. The van der Waals surface area contributed by atoms with E-state index in [9.17, 15) is 14.9 Å². The van der Waals surface area contributed by atoms with Crippen LogP contribution >= 0.6 is 0 Å². The number of aryl methyl sites for hydroxylation is 1. The lowest BCUT2D eigenvalue weighted by molar-refractivity contribution is -0.384. The van der Waals surface area contributed by atoms with Crippen LogP contribution in [0.5, 0.6) is 0 Å². The van der Waals surface area contributed by atoms with E-state index in [1.165, 1.54) is 6.07 Å². The number of amides is 1. The quantitative estimate of drug-likeness (QED) is 0.296. The van der Waals surface area contributed by atoms with Gasteiger partial charge < -0.3 is 16.4 Å². The second-order valence-electron chi connectivity index (χ2n) is 5.83. The van der Waals surface area contributed by atoms with Crippen LogP contribution < -0.4 is 16.4 Å². The number of rotatable bonds is 8. The van der Waals surface area contributed by atoms with Crippen molar-refractivity contribution in [3.8, 4) is 0 Å². The number of nitrogens with one attached hydrogen (secondary N) is 2. The fourth-order valence-corrected chi connectivity index (χ4v) is 2.36. The molecule has 2 aromatic carbocycles. The maximum absolute atomic E-state index is 11.9. The number of nitro groups is 1. The molecule has 7 heteroatoms. The summed E-state index contributed by atoms with van der Waals surface area (Å²) in [5, 5.41) is 16.9. The van der Waals surface area contributed by atoms with E-state index >= 15 is 0 Å². The maximum atomic E-state index is 11.9. The Balaban J connectivity index is 1.72. The molecule has 0 aliphatic rings. The van der Waals surface area contributed by atoms with Crippen LogP contribution in [0.2, 0.25) is 0 Å². The van der Waals surface area contributed by atoms with Crippen molar-refractivity contribution in [3.05, 3.63) is 63.7 Å². The van der Waals surface area contributed by atoms with Crippen LogP contribution in [-0.4, -0.2) is 23.9 Å². The predicted molar refractivity (Wildman–Crippen MR) is 98.5 cm³/mol. The van der Waals surface area contributed by atoms with Gasteiger partial charge in [0.15, 0.2) is 0 Å². The third-order valence-corrected chi connectivity index (χ3v) is 3.69. The summed E-state index contributed by atoms with van der Waals surface area (Å²) in [6.45, 7) is 2.85. The molecule has 0 atom stereocenters. The molecule has 7 nitrogen and oxygen atoms in total. The molecule has 0 heterocycles. The van der Waals surface area contributed by atoms with E-state index in [2.05, 4.69) is 10.6 Å². The molecule has 0 bridgehead atoms. The molecule has 1 amide bonds. The third kappa shape index (κ3) is 5.80. The van der Waals surface area contributed by atoms with Crippen LogP contribution in [0, 0.1) is 17.0 Å². The Kier molecular flexibility index (Phi) is 6.33. The summed E-state index contributed by atoms with van der Waals surface area (Å²) < 4.78 is 0. The van der Waals surface area contributed by atoms with Crippen LogP contribution in [0.4, 0.5) is 17.1 Å². The average molecular weight is 342 g/mol. The van der Waals surface area contributed by atoms with Gasteiger partial charge in [-0.05, 0) is 42.7 Å². The molecule has 0 unspecified atom stereocenters. The monoisotopic (exact) mass is 342 g/mol. The number of hydrogen-bond acceptors (Lipinski definition) is 5. The molecule has 0 saturated heterocycles. The van der Waals surface area contributed by atoms with Crippen molar-refractivity contribution in [2.24, 2.45) is 0 Å². The number of nitrogen functional groups attached to an aromatic ring is 1. The van der Waals surface area contributed by atoms with Crippen molar-refractivity contribution >= 4 is 23.0 Å². The zero-order chi connectivity index (χ0) is 18.2. The van der Waals surface area contributed by atoms with E-state index in [1.54, 1.807) is 18.2 Å². The third-order valence-electron chi connectivity index (χ3n) is 3.69. The van der Waals surface area contributed by atoms with E-state index in [1.807, 2.05) is 25.1 Å². The van der Waals surface area contributed by atoms with Crippen LogP contribution in [0.15, 0.2) is 42.5 Å². The second kappa shape index (κ2) is 8.68. The first-order valence-corrected chi connectivity index (χ1v) is 8.06. The van der Waals surface area contributed by atoms with E-state index < -0.39 is 4.92 Å². The highest BCUT2D eigenvalue weighted by atomic mass is 16.6. The zero-order valence-electron chi connectivity index (χ0n) is 14.1. The van der Waals surface area contributed by atoms with Gasteiger partial charge in [0, 0.05) is 24.8 Å². The number of hydrogen-bond donors (Lipinski definition) is 3. The van der Waals surface area contributed by atoms with E-state index in [4.69, 9.17) is 5.73 Å². The summed E-state index contributed by atoms with van der Waals surface area (Å²) in [5.41, 5.74) is 8.57. The molecule has 25 heavy (non-hydrogen) atoms. The Hall–Kier alpha value is -3.09. The first kappa shape index (κ1) is 18.3. The number of nitrogens with zero attached hydrogens (tertiary/aromatic N) is 1. The molecule has 132 valence electrons. The molecule has 0 aliphatic heterocycles. The van der Waals surface area contributed by atoms with Crippen molar-refractivity contribution in [3.63, 3.8) is 0 Å². The first-order valence-electron chi connectivity index (χ1n) is 8.06. The van der Waals surface area contributed by atoms with Crippen LogP contribution in [0.25, 0.3) is 0 Å². The Labute approximate surface area is 146 Å². The van der Waals surface area contributed by atoms with Crippen molar-refractivity contribution in [1.82, 2.24) is 5.32 Å². The average Bonchev–Trinajstić information content (AvgIpc) is 2.57. The fraction of sp³-hybridized carbons (Fsp3) is 0.278. The number of benzene rings is 2. The minimum atomic E-state index is -0.399. The summed E-state index contributed by atoms with van der Waals surface area (Å²) in [5.74, 6) is -0.0638. The van der Waals surface area contributed by atoms with E-state index in [-0.39, 0.29) is 11.6 Å². The van der Waals surface area contributed by atoms with Gasteiger partial charge in [0.2, 0.25) is 5.91 Å². The SMILES string of the molecule is Cc1ccc(NCCCNC(=O)Cc2ccc(N)cc2)c([N+](=O)[O-])c1. The molecule has 0 aromatic heterocycles. The predicted octanol–water partition coefficient (Wildman–Crippen LogP) is 2.65. The minimum Gasteiger partial charge on any atom is -0.399 e. The minimum absolute atomic E-state index is 0.0624. The standard InChI is InChI=1S/C18H22N4O3/c1-13-3-8-16(17(11-13)22(24)25)20-9-2-10-21-18(23)12-14-4-6-15(19)7-5-14/h3-8,11,20H,2,9-10,12,19H2,1H3,(H,21,23). The second-order valence-corrected chi connectivity index (χ2v) is 5.83. The van der Waals surface area contributed by atoms with Gasteiger partial charge >= 0.3 is 0 Å². The topological polar surface area (TPSA) is 110 Å². The maximum Gasteiger partial charge on any atom is 0.292 e. The van der Waals surface area contributed by atoms with Crippen LogP contribution in [-0.2, 0) is 11.2 Å². The van der Waals surface area contributed by atoms with Crippen LogP contribution in [0.3, 0.4) is 0 Å². The van der Waals surface area contributed by atoms with Gasteiger partial charge in [-0.15, -0.1) is 0 Å². The first-order chi connectivity index (χ1) is 12.0.